The van der Waals surface area contributed by atoms with Gasteiger partial charge in [0, 0.05) is 43.7 Å². The predicted octanol–water partition coefficient (Wildman–Crippen LogP) is 1.99. The normalized spacial score (nSPS) is 11.3. The maximum Gasteiger partial charge on any atom is 0.260 e. The first kappa shape index (κ1) is 23.5. The number of carbonyl (C=O) groups is 2. The van der Waals surface area contributed by atoms with E-state index in [1.165, 1.54) is 0 Å². The first-order valence-electron chi connectivity index (χ1n) is 8.95. The number of likely N-dealkylation sites (N-methyl/N-ethyl adjacent to an activating group) is 2. The number of nitrogens with one attached hydrogen (secondary N) is 2. The lowest BCUT2D eigenvalue weighted by Crippen LogP contribution is -2.34. The third-order valence-electron chi connectivity index (χ3n) is 4.19. The van der Waals surface area contributed by atoms with E-state index in [9.17, 15) is 9.59 Å². The largest absolute Gasteiger partial charge is 0.484 e. The lowest BCUT2D eigenvalue weighted by molar-refractivity contribution is -0.133. The highest BCUT2D eigenvalue weighted by Crippen LogP contribution is 2.20. The van der Waals surface area contributed by atoms with Crippen LogP contribution in [0.25, 0.3) is 0 Å². The minimum atomic E-state index is -0.521. The van der Waals surface area contributed by atoms with E-state index in [1.54, 1.807) is 60.3 Å². The van der Waals surface area contributed by atoms with Crippen LogP contribution in [0.4, 0.5) is 5.69 Å². The number of ether oxygens (including phenoxy) is 1. The number of aryl methyl sites for hydroxylation is 1. The summed E-state index contributed by atoms with van der Waals surface area (Å²) >= 11 is 0. The average Bonchev–Trinajstić information content (AvgIpc) is 3.08. The second kappa shape index (κ2) is 11.3. The average molecular weight is 410 g/mol. The second-order valence-electron chi connectivity index (χ2n) is 6.04. The van der Waals surface area contributed by atoms with Gasteiger partial charge >= 0.3 is 0 Å². The summed E-state index contributed by atoms with van der Waals surface area (Å²) in [4.78, 5) is 26.3. The molecule has 1 atom stereocenters. The van der Waals surface area contributed by atoms with Crippen LogP contribution in [0.2, 0.25) is 0 Å². The molecule has 0 aliphatic heterocycles. The molecule has 0 aliphatic rings. The Hall–Kier alpha value is -2.58. The number of carbonyl (C=O) groups excluding carboxylic acids is 2. The van der Waals surface area contributed by atoms with Gasteiger partial charge in [0.05, 0.1) is 6.20 Å². The second-order valence-corrected chi connectivity index (χ2v) is 6.04. The number of hydrogen-bond donors (Lipinski definition) is 2. The van der Waals surface area contributed by atoms with Crippen molar-refractivity contribution >= 4 is 29.9 Å². The minimum Gasteiger partial charge on any atom is -0.484 e. The van der Waals surface area contributed by atoms with Crippen LogP contribution < -0.4 is 15.4 Å². The lowest BCUT2D eigenvalue weighted by Gasteiger charge is -2.19. The van der Waals surface area contributed by atoms with E-state index in [0.717, 1.165) is 5.56 Å². The zero-order valence-electron chi connectivity index (χ0n) is 16.6. The van der Waals surface area contributed by atoms with Gasteiger partial charge in [0.1, 0.15) is 11.8 Å². The monoisotopic (exact) mass is 409 g/mol. The van der Waals surface area contributed by atoms with Crippen LogP contribution >= 0.6 is 12.4 Å². The Morgan fingerprint density at radius 3 is 2.57 bits per heavy atom. The van der Waals surface area contributed by atoms with Crippen LogP contribution in [-0.4, -0.2) is 53.2 Å². The van der Waals surface area contributed by atoms with E-state index in [2.05, 4.69) is 15.7 Å². The summed E-state index contributed by atoms with van der Waals surface area (Å²) in [6.45, 7) is 5.12. The smallest absolute Gasteiger partial charge is 0.260 e. The molecule has 1 unspecified atom stereocenters. The summed E-state index contributed by atoms with van der Waals surface area (Å²) in [5.74, 6) is 0.249. The van der Waals surface area contributed by atoms with Crippen molar-refractivity contribution in [2.24, 2.45) is 7.05 Å². The molecule has 1 aromatic heterocycles. The van der Waals surface area contributed by atoms with Crippen LogP contribution in [-0.2, 0) is 16.6 Å². The summed E-state index contributed by atoms with van der Waals surface area (Å²) in [7, 11) is 3.52. The number of aromatic nitrogens is 2. The summed E-state index contributed by atoms with van der Waals surface area (Å²) < 4.78 is 7.23. The van der Waals surface area contributed by atoms with Crippen LogP contribution in [0.1, 0.15) is 25.5 Å². The van der Waals surface area contributed by atoms with Crippen molar-refractivity contribution in [3.63, 3.8) is 0 Å². The van der Waals surface area contributed by atoms with Crippen molar-refractivity contribution in [2.45, 2.75) is 19.9 Å². The van der Waals surface area contributed by atoms with Crippen molar-refractivity contribution in [1.82, 2.24) is 20.0 Å². The molecule has 1 heterocycles. The fraction of sp³-hybridized carbons (Fsp3) is 0.421. The van der Waals surface area contributed by atoms with Gasteiger partial charge in [0.15, 0.2) is 6.61 Å². The Balaban J connectivity index is 0.00000392. The molecule has 9 heteroatoms. The topological polar surface area (TPSA) is 88.5 Å². The summed E-state index contributed by atoms with van der Waals surface area (Å²) in [6, 6.07) is 6.47. The molecule has 0 saturated carbocycles. The van der Waals surface area contributed by atoms with E-state index < -0.39 is 6.04 Å². The Kier molecular flexibility index (Phi) is 9.47. The van der Waals surface area contributed by atoms with E-state index in [0.29, 0.717) is 24.5 Å². The fourth-order valence-corrected chi connectivity index (χ4v) is 2.73. The highest BCUT2D eigenvalue weighted by atomic mass is 35.5. The van der Waals surface area contributed by atoms with E-state index in [-0.39, 0.29) is 30.8 Å². The number of amides is 2. The standard InChI is InChI=1S/C19H27N5O3.ClH/c1-5-24(6-2)17(25)13-27-16-9-7-8-15(10-16)22-19(26)18(20-3)14-11-21-23(4)12-14;/h7-12,18,20H,5-6,13H2,1-4H3,(H,22,26);1H. The lowest BCUT2D eigenvalue weighted by atomic mass is 10.1. The molecule has 1 aromatic carbocycles. The Morgan fingerprint density at radius 2 is 2.00 bits per heavy atom. The van der Waals surface area contributed by atoms with E-state index in [1.807, 2.05) is 13.8 Å². The highest BCUT2D eigenvalue weighted by Gasteiger charge is 2.20. The third-order valence-corrected chi connectivity index (χ3v) is 4.19. The molecular weight excluding hydrogens is 382 g/mol. The highest BCUT2D eigenvalue weighted by molar-refractivity contribution is 5.95. The quantitative estimate of drug-likeness (QED) is 0.661. The van der Waals surface area contributed by atoms with Crippen molar-refractivity contribution < 1.29 is 14.3 Å². The predicted molar refractivity (Wildman–Crippen MR) is 111 cm³/mol. The van der Waals surface area contributed by atoms with Crippen molar-refractivity contribution in [1.29, 1.82) is 0 Å². The molecule has 0 saturated heterocycles. The molecule has 0 fully saturated rings. The molecule has 2 aromatic rings. The summed E-state index contributed by atoms with van der Waals surface area (Å²) in [6.07, 6.45) is 3.44. The fourth-order valence-electron chi connectivity index (χ4n) is 2.73. The Bertz CT molecular complexity index is 776. The number of hydrogen-bond acceptors (Lipinski definition) is 5. The van der Waals surface area contributed by atoms with E-state index in [4.69, 9.17) is 4.74 Å². The van der Waals surface area contributed by atoms with Crippen molar-refractivity contribution in [3.8, 4) is 5.75 Å². The Morgan fingerprint density at radius 1 is 1.29 bits per heavy atom. The summed E-state index contributed by atoms with van der Waals surface area (Å²) in [5.41, 5.74) is 1.37. The zero-order valence-corrected chi connectivity index (χ0v) is 17.5. The maximum atomic E-state index is 12.6. The van der Waals surface area contributed by atoms with Crippen LogP contribution in [0.15, 0.2) is 36.7 Å². The van der Waals surface area contributed by atoms with E-state index >= 15 is 0 Å². The minimum absolute atomic E-state index is 0. The number of rotatable bonds is 9. The molecule has 8 nitrogen and oxygen atoms in total. The summed E-state index contributed by atoms with van der Waals surface area (Å²) in [5, 5.41) is 9.94. The molecule has 2 rings (SSSR count). The molecule has 0 spiro atoms. The van der Waals surface area contributed by atoms with Gasteiger partial charge in [0.25, 0.3) is 5.91 Å². The molecule has 0 aliphatic carbocycles. The van der Waals surface area contributed by atoms with Crippen LogP contribution in [0, 0.1) is 0 Å². The molecule has 2 amide bonds. The molecule has 2 N–H and O–H groups in total. The van der Waals surface area contributed by atoms with Gasteiger partial charge in [-0.05, 0) is 33.0 Å². The van der Waals surface area contributed by atoms with Crippen molar-refractivity contribution in [3.05, 3.63) is 42.2 Å². The molecule has 154 valence electrons. The number of anilines is 1. The number of benzene rings is 1. The molecule has 28 heavy (non-hydrogen) atoms. The van der Waals surface area contributed by atoms with Gasteiger partial charge in [-0.25, -0.2) is 0 Å². The van der Waals surface area contributed by atoms with Gasteiger partial charge in [0.2, 0.25) is 5.91 Å². The SMILES string of the molecule is CCN(CC)C(=O)COc1cccc(NC(=O)C(NC)c2cnn(C)c2)c1.Cl. The van der Waals surface area contributed by atoms with Gasteiger partial charge in [-0.2, -0.15) is 5.10 Å². The van der Waals surface area contributed by atoms with Gasteiger partial charge < -0.3 is 20.3 Å². The number of halogens is 1. The third kappa shape index (κ3) is 6.24. The number of nitrogens with zero attached hydrogens (tertiary/aromatic N) is 3. The van der Waals surface area contributed by atoms with Gasteiger partial charge in [-0.3, -0.25) is 14.3 Å². The van der Waals surface area contributed by atoms with Gasteiger partial charge in [-0.1, -0.05) is 6.07 Å². The van der Waals surface area contributed by atoms with Gasteiger partial charge in [-0.15, -0.1) is 12.4 Å². The maximum absolute atomic E-state index is 12.6. The van der Waals surface area contributed by atoms with Crippen LogP contribution in [0.3, 0.4) is 0 Å². The Labute approximate surface area is 171 Å². The zero-order chi connectivity index (χ0) is 19.8. The molecular formula is C19H28ClN5O3. The van der Waals surface area contributed by atoms with Crippen LogP contribution in [0.5, 0.6) is 5.75 Å². The first-order chi connectivity index (χ1) is 13.0. The first-order valence-corrected chi connectivity index (χ1v) is 8.95. The molecule has 0 bridgehead atoms. The van der Waals surface area contributed by atoms with Crippen molar-refractivity contribution in [2.75, 3.05) is 32.1 Å². The molecule has 0 radical (unpaired) electrons.